The number of rotatable bonds is 6. The summed E-state index contributed by atoms with van der Waals surface area (Å²) in [6.45, 7) is 12.0. The molecular formula is C17H29BrN2. The molecule has 1 N–H and O–H groups in total. The van der Waals surface area contributed by atoms with Crippen LogP contribution in [0, 0.1) is 0 Å². The lowest BCUT2D eigenvalue weighted by Gasteiger charge is -2.28. The van der Waals surface area contributed by atoms with E-state index in [-0.39, 0.29) is 5.54 Å². The summed E-state index contributed by atoms with van der Waals surface area (Å²) in [5.74, 6) is 0. The average molecular weight is 341 g/mol. The van der Waals surface area contributed by atoms with Crippen LogP contribution in [0.15, 0.2) is 22.7 Å². The van der Waals surface area contributed by atoms with Crippen molar-refractivity contribution < 1.29 is 0 Å². The second-order valence-corrected chi connectivity index (χ2v) is 7.49. The van der Waals surface area contributed by atoms with Crippen LogP contribution in [0.5, 0.6) is 0 Å². The van der Waals surface area contributed by atoms with E-state index in [1.165, 1.54) is 28.6 Å². The lowest BCUT2D eigenvalue weighted by molar-refractivity contribution is 0.424. The molecule has 1 atom stereocenters. The van der Waals surface area contributed by atoms with Crippen LogP contribution in [0.3, 0.4) is 0 Å². The van der Waals surface area contributed by atoms with Gasteiger partial charge in [0.05, 0.1) is 5.69 Å². The number of nitrogens with one attached hydrogen (secondary N) is 1. The van der Waals surface area contributed by atoms with E-state index >= 15 is 0 Å². The number of hydrogen-bond acceptors (Lipinski definition) is 2. The van der Waals surface area contributed by atoms with Crippen molar-refractivity contribution in [1.29, 1.82) is 0 Å². The Morgan fingerprint density at radius 1 is 1.30 bits per heavy atom. The van der Waals surface area contributed by atoms with Gasteiger partial charge in [-0.2, -0.15) is 0 Å². The molecule has 0 bridgehead atoms. The summed E-state index contributed by atoms with van der Waals surface area (Å²) in [5, 5.41) is 3.52. The first-order chi connectivity index (χ1) is 9.24. The number of anilines is 1. The Balaban J connectivity index is 2.77. The standard InChI is InChI=1S/C17H29BrN2/c1-7-8-13(2)20(6)16-10-9-14(11-15(16)18)12-19-17(3,4)5/h9-11,13,19H,7-8,12H2,1-6H3. The Labute approximate surface area is 133 Å². The summed E-state index contributed by atoms with van der Waals surface area (Å²) in [7, 11) is 2.17. The molecule has 114 valence electrons. The van der Waals surface area contributed by atoms with Crippen LogP contribution in [0.1, 0.15) is 53.0 Å². The van der Waals surface area contributed by atoms with E-state index in [1.54, 1.807) is 0 Å². The third-order valence-electron chi connectivity index (χ3n) is 3.58. The van der Waals surface area contributed by atoms with Crippen LogP contribution in [-0.2, 0) is 6.54 Å². The van der Waals surface area contributed by atoms with E-state index in [0.29, 0.717) is 6.04 Å². The maximum absolute atomic E-state index is 3.72. The van der Waals surface area contributed by atoms with E-state index in [0.717, 1.165) is 6.54 Å². The quantitative estimate of drug-likeness (QED) is 0.786. The highest BCUT2D eigenvalue weighted by Gasteiger charge is 2.13. The summed E-state index contributed by atoms with van der Waals surface area (Å²) >= 11 is 3.72. The van der Waals surface area contributed by atoms with Gasteiger partial charge in [0, 0.05) is 29.6 Å². The van der Waals surface area contributed by atoms with Crippen LogP contribution >= 0.6 is 15.9 Å². The highest BCUT2D eigenvalue weighted by Crippen LogP contribution is 2.28. The minimum atomic E-state index is 0.150. The van der Waals surface area contributed by atoms with Crippen LogP contribution in [0.25, 0.3) is 0 Å². The fourth-order valence-electron chi connectivity index (χ4n) is 2.16. The zero-order chi connectivity index (χ0) is 15.3. The molecule has 0 spiro atoms. The number of halogens is 1. The van der Waals surface area contributed by atoms with Gasteiger partial charge in [-0.25, -0.2) is 0 Å². The third-order valence-corrected chi connectivity index (χ3v) is 4.22. The first kappa shape index (κ1) is 17.5. The van der Waals surface area contributed by atoms with Crippen LogP contribution in [0.2, 0.25) is 0 Å². The van der Waals surface area contributed by atoms with Crippen LogP contribution in [0.4, 0.5) is 5.69 Å². The van der Waals surface area contributed by atoms with Crippen molar-refractivity contribution in [3.8, 4) is 0 Å². The predicted molar refractivity (Wildman–Crippen MR) is 93.5 cm³/mol. The number of nitrogens with zero attached hydrogens (tertiary/aromatic N) is 1. The fraction of sp³-hybridized carbons (Fsp3) is 0.647. The van der Waals surface area contributed by atoms with Crippen molar-refractivity contribution in [2.45, 2.75) is 65.6 Å². The molecule has 0 aromatic heterocycles. The normalized spacial score (nSPS) is 13.3. The molecule has 0 saturated heterocycles. The van der Waals surface area contributed by atoms with E-state index in [9.17, 15) is 0 Å². The molecule has 0 amide bonds. The smallest absolute Gasteiger partial charge is 0.0510 e. The molecule has 0 radical (unpaired) electrons. The molecule has 0 saturated carbocycles. The summed E-state index contributed by atoms with van der Waals surface area (Å²) in [6, 6.07) is 7.22. The Morgan fingerprint density at radius 3 is 2.45 bits per heavy atom. The molecule has 2 nitrogen and oxygen atoms in total. The molecule has 0 aliphatic heterocycles. The van der Waals surface area contributed by atoms with Gasteiger partial charge in [-0.1, -0.05) is 19.4 Å². The first-order valence-corrected chi connectivity index (χ1v) is 8.30. The number of hydrogen-bond donors (Lipinski definition) is 1. The molecular weight excluding hydrogens is 312 g/mol. The lowest BCUT2D eigenvalue weighted by Crippen LogP contribution is -2.35. The molecule has 0 aliphatic carbocycles. The minimum absolute atomic E-state index is 0.150. The monoisotopic (exact) mass is 340 g/mol. The van der Waals surface area contributed by atoms with Crippen molar-refractivity contribution in [1.82, 2.24) is 5.32 Å². The summed E-state index contributed by atoms with van der Waals surface area (Å²) < 4.78 is 1.18. The fourth-order valence-corrected chi connectivity index (χ4v) is 2.87. The Hall–Kier alpha value is -0.540. The van der Waals surface area contributed by atoms with E-state index in [2.05, 4.69) is 86.0 Å². The predicted octanol–water partition coefficient (Wildman–Crippen LogP) is 4.96. The zero-order valence-electron chi connectivity index (χ0n) is 13.8. The van der Waals surface area contributed by atoms with Gasteiger partial charge in [-0.3, -0.25) is 0 Å². The molecule has 20 heavy (non-hydrogen) atoms. The van der Waals surface area contributed by atoms with Gasteiger partial charge in [-0.15, -0.1) is 0 Å². The Bertz CT molecular complexity index is 423. The summed E-state index contributed by atoms with van der Waals surface area (Å²) in [6.07, 6.45) is 2.44. The highest BCUT2D eigenvalue weighted by atomic mass is 79.9. The molecule has 0 heterocycles. The van der Waals surface area contributed by atoms with Crippen LogP contribution < -0.4 is 10.2 Å². The molecule has 0 fully saturated rings. The van der Waals surface area contributed by atoms with Crippen molar-refractivity contribution >= 4 is 21.6 Å². The van der Waals surface area contributed by atoms with Gasteiger partial charge in [0.15, 0.2) is 0 Å². The Morgan fingerprint density at radius 2 is 1.95 bits per heavy atom. The molecule has 3 heteroatoms. The van der Waals surface area contributed by atoms with E-state index in [4.69, 9.17) is 0 Å². The highest BCUT2D eigenvalue weighted by molar-refractivity contribution is 9.10. The summed E-state index contributed by atoms with van der Waals surface area (Å²) in [5.41, 5.74) is 2.73. The van der Waals surface area contributed by atoms with Gasteiger partial charge in [0.2, 0.25) is 0 Å². The lowest BCUT2D eigenvalue weighted by atomic mass is 10.1. The van der Waals surface area contributed by atoms with Crippen molar-refractivity contribution in [3.63, 3.8) is 0 Å². The molecule has 1 aromatic carbocycles. The van der Waals surface area contributed by atoms with Gasteiger partial charge in [0.25, 0.3) is 0 Å². The number of benzene rings is 1. The van der Waals surface area contributed by atoms with Gasteiger partial charge < -0.3 is 10.2 Å². The molecule has 1 unspecified atom stereocenters. The van der Waals surface area contributed by atoms with Crippen molar-refractivity contribution in [2.24, 2.45) is 0 Å². The van der Waals surface area contributed by atoms with E-state index < -0.39 is 0 Å². The largest absolute Gasteiger partial charge is 0.371 e. The van der Waals surface area contributed by atoms with E-state index in [1.807, 2.05) is 0 Å². The SMILES string of the molecule is CCCC(C)N(C)c1ccc(CNC(C)(C)C)cc1Br. The maximum Gasteiger partial charge on any atom is 0.0510 e. The molecule has 1 aromatic rings. The Kier molecular flexibility index (Phi) is 6.53. The van der Waals surface area contributed by atoms with Crippen molar-refractivity contribution in [3.05, 3.63) is 28.2 Å². The molecule has 0 aliphatic rings. The zero-order valence-corrected chi connectivity index (χ0v) is 15.3. The topological polar surface area (TPSA) is 15.3 Å². The first-order valence-electron chi connectivity index (χ1n) is 7.51. The summed E-state index contributed by atoms with van der Waals surface area (Å²) in [4.78, 5) is 2.36. The second kappa shape index (κ2) is 7.46. The van der Waals surface area contributed by atoms with Gasteiger partial charge >= 0.3 is 0 Å². The molecule has 1 rings (SSSR count). The minimum Gasteiger partial charge on any atom is -0.371 e. The van der Waals surface area contributed by atoms with Gasteiger partial charge in [0.1, 0.15) is 0 Å². The van der Waals surface area contributed by atoms with Crippen molar-refractivity contribution in [2.75, 3.05) is 11.9 Å². The van der Waals surface area contributed by atoms with Gasteiger partial charge in [-0.05, 0) is 67.7 Å². The second-order valence-electron chi connectivity index (χ2n) is 6.64. The maximum atomic E-state index is 3.72. The average Bonchev–Trinajstić information content (AvgIpc) is 2.35. The third kappa shape index (κ3) is 5.45. The van der Waals surface area contributed by atoms with Crippen LogP contribution in [-0.4, -0.2) is 18.6 Å².